The summed E-state index contributed by atoms with van der Waals surface area (Å²) in [6.45, 7) is 7.03. The Morgan fingerprint density at radius 1 is 1.20 bits per heavy atom. The molecule has 20 heavy (non-hydrogen) atoms. The molecule has 0 aliphatic heterocycles. The predicted octanol–water partition coefficient (Wildman–Crippen LogP) is 3.06. The zero-order valence-electron chi connectivity index (χ0n) is 12.4. The first-order chi connectivity index (χ1) is 9.58. The van der Waals surface area contributed by atoms with E-state index in [1.54, 1.807) is 11.3 Å². The van der Waals surface area contributed by atoms with Crippen LogP contribution in [0.4, 0.5) is 11.6 Å². The van der Waals surface area contributed by atoms with Crippen LogP contribution in [0.25, 0.3) is 0 Å². The number of aryl methyl sites for hydroxylation is 1. The first kappa shape index (κ1) is 14.7. The Morgan fingerprint density at radius 2 is 1.95 bits per heavy atom. The van der Waals surface area contributed by atoms with Crippen molar-refractivity contribution in [3.8, 4) is 0 Å². The molecule has 0 saturated heterocycles. The number of nitrogens with one attached hydrogen (secondary N) is 2. The van der Waals surface area contributed by atoms with Crippen LogP contribution in [0, 0.1) is 6.92 Å². The third-order valence-electron chi connectivity index (χ3n) is 2.83. The molecule has 0 amide bonds. The molecule has 2 aromatic heterocycles. The van der Waals surface area contributed by atoms with Crippen molar-refractivity contribution < 1.29 is 0 Å². The van der Waals surface area contributed by atoms with Crippen LogP contribution in [0.3, 0.4) is 0 Å². The summed E-state index contributed by atoms with van der Waals surface area (Å²) in [5, 5.41) is 9.65. The molecule has 2 N–H and O–H groups in total. The van der Waals surface area contributed by atoms with Crippen LogP contribution in [0.2, 0.25) is 0 Å². The Kier molecular flexibility index (Phi) is 4.89. The first-order valence-electron chi connectivity index (χ1n) is 6.80. The van der Waals surface area contributed by atoms with Crippen molar-refractivity contribution in [3.05, 3.63) is 28.0 Å². The highest BCUT2D eigenvalue weighted by Crippen LogP contribution is 2.17. The van der Waals surface area contributed by atoms with Gasteiger partial charge in [0.1, 0.15) is 17.5 Å². The molecule has 5 nitrogen and oxygen atoms in total. The molecule has 0 atom stereocenters. The van der Waals surface area contributed by atoms with Gasteiger partial charge in [-0.2, -0.15) is 0 Å². The van der Waals surface area contributed by atoms with E-state index in [1.165, 1.54) is 0 Å². The second-order valence-electron chi connectivity index (χ2n) is 4.96. The number of thiazole rings is 1. The van der Waals surface area contributed by atoms with Crippen molar-refractivity contribution >= 4 is 23.0 Å². The minimum Gasteiger partial charge on any atom is -0.373 e. The predicted molar refractivity (Wildman–Crippen MR) is 84.7 cm³/mol. The van der Waals surface area contributed by atoms with Crippen LogP contribution in [0.1, 0.15) is 36.3 Å². The molecule has 0 radical (unpaired) electrons. The maximum atomic E-state index is 4.54. The largest absolute Gasteiger partial charge is 0.373 e. The van der Waals surface area contributed by atoms with Crippen molar-refractivity contribution in [1.82, 2.24) is 15.0 Å². The molecule has 2 aromatic rings. The molecular weight excluding hydrogens is 270 g/mol. The zero-order valence-corrected chi connectivity index (χ0v) is 13.2. The van der Waals surface area contributed by atoms with E-state index in [-0.39, 0.29) is 0 Å². The Bertz CT molecular complexity index is 564. The van der Waals surface area contributed by atoms with Crippen LogP contribution in [-0.2, 0) is 6.42 Å². The molecule has 2 rings (SSSR count). The minimum atomic E-state index is 0.311. The Labute approximate surface area is 123 Å². The summed E-state index contributed by atoms with van der Waals surface area (Å²) in [5.74, 6) is 2.87. The van der Waals surface area contributed by atoms with Crippen LogP contribution in [0.15, 0.2) is 11.4 Å². The number of hydrogen-bond acceptors (Lipinski definition) is 6. The number of anilines is 2. The van der Waals surface area contributed by atoms with E-state index in [0.717, 1.165) is 41.1 Å². The summed E-state index contributed by atoms with van der Waals surface area (Å²) in [7, 11) is 1.87. The summed E-state index contributed by atoms with van der Waals surface area (Å²) in [4.78, 5) is 13.4. The van der Waals surface area contributed by atoms with E-state index in [0.29, 0.717) is 5.92 Å². The summed E-state index contributed by atoms with van der Waals surface area (Å²) < 4.78 is 0. The molecule has 0 aromatic carbocycles. The van der Waals surface area contributed by atoms with Crippen LogP contribution in [-0.4, -0.2) is 28.5 Å². The second kappa shape index (κ2) is 6.65. The fourth-order valence-corrected chi connectivity index (χ4v) is 2.53. The number of aromatic nitrogens is 3. The van der Waals surface area contributed by atoms with Gasteiger partial charge in [-0.05, 0) is 6.92 Å². The SMILES string of the molecule is CNc1cc(NCCc2nc(C)cs2)nc(C(C)C)n1. The number of hydrogen-bond donors (Lipinski definition) is 2. The van der Waals surface area contributed by atoms with Gasteiger partial charge in [0.25, 0.3) is 0 Å². The molecule has 0 unspecified atom stereocenters. The standard InChI is InChI=1S/C14H21N5S/c1-9(2)14-18-11(15-4)7-12(19-14)16-6-5-13-17-10(3)8-20-13/h7-9H,5-6H2,1-4H3,(H2,15,16,18,19). The van der Waals surface area contributed by atoms with Gasteiger partial charge >= 0.3 is 0 Å². The summed E-state index contributed by atoms with van der Waals surface area (Å²) in [5.41, 5.74) is 1.09. The van der Waals surface area contributed by atoms with Crippen molar-refractivity contribution in [1.29, 1.82) is 0 Å². The van der Waals surface area contributed by atoms with Gasteiger partial charge in [-0.1, -0.05) is 13.8 Å². The third kappa shape index (κ3) is 3.90. The Hall–Kier alpha value is -1.69. The molecule has 0 aliphatic rings. The normalized spacial score (nSPS) is 10.8. The summed E-state index contributed by atoms with van der Waals surface area (Å²) in [6.07, 6.45) is 0.911. The van der Waals surface area contributed by atoms with E-state index < -0.39 is 0 Å². The fraction of sp³-hybridized carbons (Fsp3) is 0.500. The topological polar surface area (TPSA) is 62.7 Å². The Morgan fingerprint density at radius 3 is 2.55 bits per heavy atom. The molecular formula is C14H21N5S. The smallest absolute Gasteiger partial charge is 0.135 e. The van der Waals surface area contributed by atoms with Gasteiger partial charge in [-0.15, -0.1) is 11.3 Å². The highest BCUT2D eigenvalue weighted by molar-refractivity contribution is 7.09. The first-order valence-corrected chi connectivity index (χ1v) is 7.68. The summed E-state index contributed by atoms with van der Waals surface area (Å²) >= 11 is 1.70. The van der Waals surface area contributed by atoms with Gasteiger partial charge in [0.05, 0.1) is 5.01 Å². The quantitative estimate of drug-likeness (QED) is 0.856. The van der Waals surface area contributed by atoms with E-state index in [1.807, 2.05) is 20.0 Å². The van der Waals surface area contributed by atoms with E-state index in [4.69, 9.17) is 0 Å². The molecule has 2 heterocycles. The van der Waals surface area contributed by atoms with Crippen LogP contribution in [0.5, 0.6) is 0 Å². The fourth-order valence-electron chi connectivity index (χ4n) is 1.76. The zero-order chi connectivity index (χ0) is 14.5. The lowest BCUT2D eigenvalue weighted by Crippen LogP contribution is -2.10. The molecule has 108 valence electrons. The molecule has 0 fully saturated rings. The Balaban J connectivity index is 1.99. The molecule has 0 spiro atoms. The average molecular weight is 291 g/mol. The van der Waals surface area contributed by atoms with E-state index in [2.05, 4.69) is 44.8 Å². The second-order valence-corrected chi connectivity index (χ2v) is 5.90. The molecule has 6 heteroatoms. The van der Waals surface area contributed by atoms with Crippen molar-refractivity contribution in [2.75, 3.05) is 24.2 Å². The van der Waals surface area contributed by atoms with Gasteiger partial charge in [-0.3, -0.25) is 0 Å². The minimum absolute atomic E-state index is 0.311. The maximum absolute atomic E-state index is 4.54. The lowest BCUT2D eigenvalue weighted by Gasteiger charge is -2.11. The highest BCUT2D eigenvalue weighted by Gasteiger charge is 2.07. The lowest BCUT2D eigenvalue weighted by molar-refractivity contribution is 0.775. The van der Waals surface area contributed by atoms with Gasteiger partial charge in [0.2, 0.25) is 0 Å². The maximum Gasteiger partial charge on any atom is 0.135 e. The molecule has 0 bridgehead atoms. The average Bonchev–Trinajstić information content (AvgIpc) is 2.84. The highest BCUT2D eigenvalue weighted by atomic mass is 32.1. The van der Waals surface area contributed by atoms with Crippen molar-refractivity contribution in [3.63, 3.8) is 0 Å². The van der Waals surface area contributed by atoms with Crippen LogP contribution < -0.4 is 10.6 Å². The van der Waals surface area contributed by atoms with E-state index >= 15 is 0 Å². The van der Waals surface area contributed by atoms with E-state index in [9.17, 15) is 0 Å². The van der Waals surface area contributed by atoms with Gasteiger partial charge in [-0.25, -0.2) is 15.0 Å². The number of nitrogens with zero attached hydrogens (tertiary/aromatic N) is 3. The van der Waals surface area contributed by atoms with Crippen LogP contribution >= 0.6 is 11.3 Å². The van der Waals surface area contributed by atoms with Crippen molar-refractivity contribution in [2.24, 2.45) is 0 Å². The molecule has 0 saturated carbocycles. The lowest BCUT2D eigenvalue weighted by atomic mass is 10.2. The third-order valence-corrected chi connectivity index (χ3v) is 3.85. The van der Waals surface area contributed by atoms with Crippen molar-refractivity contribution in [2.45, 2.75) is 33.1 Å². The van der Waals surface area contributed by atoms with Gasteiger partial charge < -0.3 is 10.6 Å². The van der Waals surface area contributed by atoms with Gasteiger partial charge in [0.15, 0.2) is 0 Å². The molecule has 0 aliphatic carbocycles. The summed E-state index contributed by atoms with van der Waals surface area (Å²) in [6, 6.07) is 1.93. The number of rotatable bonds is 6. The van der Waals surface area contributed by atoms with Gasteiger partial charge in [0, 0.05) is 43.1 Å². The monoisotopic (exact) mass is 291 g/mol.